The van der Waals surface area contributed by atoms with Gasteiger partial charge in [0.05, 0.1) is 16.9 Å². The minimum atomic E-state index is -0.0824. The van der Waals surface area contributed by atoms with Crippen molar-refractivity contribution < 1.29 is 4.79 Å². The predicted octanol–water partition coefficient (Wildman–Crippen LogP) is 3.06. The molecule has 0 unspecified atom stereocenters. The largest absolute Gasteiger partial charge is 0.347 e. The lowest BCUT2D eigenvalue weighted by Gasteiger charge is -2.06. The number of rotatable bonds is 3. The van der Waals surface area contributed by atoms with Gasteiger partial charge in [-0.3, -0.25) is 4.79 Å². The third-order valence-corrected chi connectivity index (χ3v) is 4.49. The van der Waals surface area contributed by atoms with E-state index < -0.39 is 0 Å². The normalized spacial score (nSPS) is 9.86. The number of benzene rings is 1. The molecule has 0 radical (unpaired) electrons. The van der Waals surface area contributed by atoms with E-state index in [0.29, 0.717) is 18.7 Å². The summed E-state index contributed by atoms with van der Waals surface area (Å²) in [6, 6.07) is 9.45. The summed E-state index contributed by atoms with van der Waals surface area (Å²) in [6.07, 6.45) is 0. The van der Waals surface area contributed by atoms with Crippen molar-refractivity contribution in [2.24, 2.45) is 5.73 Å². The van der Waals surface area contributed by atoms with Crippen LogP contribution in [-0.2, 0) is 6.54 Å². The first-order valence-corrected chi connectivity index (χ1v) is 8.03. The lowest BCUT2D eigenvalue weighted by molar-refractivity contribution is 0.0951. The van der Waals surface area contributed by atoms with Gasteiger partial charge >= 0.3 is 0 Å². The van der Waals surface area contributed by atoms with E-state index in [1.54, 1.807) is 17.4 Å². The highest BCUT2D eigenvalue weighted by molar-refractivity contribution is 9.11. The molecule has 1 aromatic heterocycles. The first kappa shape index (κ1) is 15.8. The van der Waals surface area contributed by atoms with Crippen molar-refractivity contribution in [2.45, 2.75) is 13.5 Å². The molecule has 0 bridgehead atoms. The van der Waals surface area contributed by atoms with Gasteiger partial charge < -0.3 is 11.1 Å². The van der Waals surface area contributed by atoms with Crippen LogP contribution in [0.4, 0.5) is 0 Å². The van der Waals surface area contributed by atoms with Crippen molar-refractivity contribution in [1.29, 1.82) is 0 Å². The third kappa shape index (κ3) is 4.43. The van der Waals surface area contributed by atoms with E-state index in [4.69, 9.17) is 5.73 Å². The molecule has 0 aliphatic rings. The first-order valence-electron chi connectivity index (χ1n) is 6.42. The van der Waals surface area contributed by atoms with Gasteiger partial charge in [-0.2, -0.15) is 0 Å². The summed E-state index contributed by atoms with van der Waals surface area (Å²) >= 11 is 5.02. The predicted molar refractivity (Wildman–Crippen MR) is 90.3 cm³/mol. The second-order valence-corrected chi connectivity index (χ2v) is 6.97. The molecule has 1 heterocycles. The number of nitrogens with one attached hydrogen (secondary N) is 1. The van der Waals surface area contributed by atoms with E-state index in [-0.39, 0.29) is 5.91 Å². The summed E-state index contributed by atoms with van der Waals surface area (Å²) in [6.45, 7) is 2.80. The molecule has 2 aromatic rings. The van der Waals surface area contributed by atoms with Crippen molar-refractivity contribution in [2.75, 3.05) is 6.54 Å². The smallest absolute Gasteiger partial charge is 0.251 e. The van der Waals surface area contributed by atoms with Crippen LogP contribution < -0.4 is 11.1 Å². The van der Waals surface area contributed by atoms with Crippen molar-refractivity contribution >= 4 is 33.2 Å². The molecule has 0 spiro atoms. The SMILES string of the molecule is Cc1cc(C(=O)NCc2ccc(Br)s2)ccc1C#CCN. The molecule has 0 fully saturated rings. The van der Waals surface area contributed by atoms with Crippen LogP contribution in [0.15, 0.2) is 34.1 Å². The first-order chi connectivity index (χ1) is 10.1. The number of amides is 1. The van der Waals surface area contributed by atoms with Crippen LogP contribution in [0.2, 0.25) is 0 Å². The fraction of sp³-hybridized carbons (Fsp3) is 0.188. The summed E-state index contributed by atoms with van der Waals surface area (Å²) in [7, 11) is 0. The van der Waals surface area contributed by atoms with Crippen LogP contribution in [0.3, 0.4) is 0 Å². The zero-order valence-electron chi connectivity index (χ0n) is 11.6. The number of hydrogen-bond acceptors (Lipinski definition) is 3. The van der Waals surface area contributed by atoms with E-state index in [0.717, 1.165) is 19.8 Å². The number of hydrogen-bond donors (Lipinski definition) is 2. The average Bonchev–Trinajstić information content (AvgIpc) is 2.89. The number of carbonyl (C=O) groups excluding carboxylic acids is 1. The number of aryl methyl sites for hydroxylation is 1. The summed E-state index contributed by atoms with van der Waals surface area (Å²) in [5.41, 5.74) is 7.88. The Morgan fingerprint density at radius 1 is 1.38 bits per heavy atom. The Labute approximate surface area is 136 Å². The molecule has 108 valence electrons. The van der Waals surface area contributed by atoms with Gasteiger partial charge in [0.25, 0.3) is 5.91 Å². The summed E-state index contributed by atoms with van der Waals surface area (Å²) in [5, 5.41) is 2.91. The minimum absolute atomic E-state index is 0.0824. The molecule has 5 heteroatoms. The zero-order valence-corrected chi connectivity index (χ0v) is 14.0. The Kier molecular flexibility index (Phi) is 5.57. The van der Waals surface area contributed by atoms with E-state index in [9.17, 15) is 4.79 Å². The van der Waals surface area contributed by atoms with Gasteiger partial charge in [-0.1, -0.05) is 11.8 Å². The van der Waals surface area contributed by atoms with Crippen LogP contribution in [0.5, 0.6) is 0 Å². The molecule has 0 saturated heterocycles. The molecule has 0 aliphatic heterocycles. The minimum Gasteiger partial charge on any atom is -0.347 e. The summed E-state index contributed by atoms with van der Waals surface area (Å²) < 4.78 is 1.06. The standard InChI is InChI=1S/C16H15BrN2OS/c1-11-9-13(5-4-12(11)3-2-8-18)16(20)19-10-14-6-7-15(17)21-14/h4-7,9H,8,10,18H2,1H3,(H,19,20). The van der Waals surface area contributed by atoms with Gasteiger partial charge in [0.1, 0.15) is 0 Å². The second-order valence-electron chi connectivity index (χ2n) is 4.42. The van der Waals surface area contributed by atoms with Gasteiger partial charge in [-0.25, -0.2) is 0 Å². The van der Waals surface area contributed by atoms with Crippen molar-refractivity contribution in [1.82, 2.24) is 5.32 Å². The van der Waals surface area contributed by atoms with E-state index >= 15 is 0 Å². The Hall–Kier alpha value is -1.61. The number of thiophene rings is 1. The van der Waals surface area contributed by atoms with Crippen LogP contribution in [0.25, 0.3) is 0 Å². The van der Waals surface area contributed by atoms with Gasteiger partial charge in [-0.15, -0.1) is 11.3 Å². The Morgan fingerprint density at radius 2 is 2.19 bits per heavy atom. The highest BCUT2D eigenvalue weighted by Crippen LogP contribution is 2.21. The molecule has 0 atom stereocenters. The molecule has 3 N–H and O–H groups in total. The number of carbonyl (C=O) groups is 1. The van der Waals surface area contributed by atoms with Gasteiger partial charge in [-0.05, 0) is 58.7 Å². The third-order valence-electron chi connectivity index (χ3n) is 2.87. The summed E-state index contributed by atoms with van der Waals surface area (Å²) in [5.74, 6) is 5.72. The highest BCUT2D eigenvalue weighted by Gasteiger charge is 2.07. The number of halogens is 1. The maximum Gasteiger partial charge on any atom is 0.251 e. The van der Waals surface area contributed by atoms with Crippen LogP contribution in [0, 0.1) is 18.8 Å². The van der Waals surface area contributed by atoms with Crippen molar-refractivity contribution in [3.63, 3.8) is 0 Å². The van der Waals surface area contributed by atoms with Gasteiger partial charge in [0, 0.05) is 16.0 Å². The van der Waals surface area contributed by atoms with Crippen LogP contribution in [-0.4, -0.2) is 12.5 Å². The maximum atomic E-state index is 12.1. The van der Waals surface area contributed by atoms with Gasteiger partial charge in [0.2, 0.25) is 0 Å². The molecule has 0 aliphatic carbocycles. The molecule has 21 heavy (non-hydrogen) atoms. The van der Waals surface area contributed by atoms with Crippen LogP contribution in [0.1, 0.15) is 26.4 Å². The summed E-state index contributed by atoms with van der Waals surface area (Å²) in [4.78, 5) is 13.2. The van der Waals surface area contributed by atoms with E-state index in [2.05, 4.69) is 33.1 Å². The quantitative estimate of drug-likeness (QED) is 0.824. The second kappa shape index (κ2) is 7.41. The topological polar surface area (TPSA) is 55.1 Å². The Morgan fingerprint density at radius 3 is 2.81 bits per heavy atom. The van der Waals surface area contributed by atoms with Crippen LogP contribution >= 0.6 is 27.3 Å². The molecular weight excluding hydrogens is 348 g/mol. The maximum absolute atomic E-state index is 12.1. The fourth-order valence-corrected chi connectivity index (χ4v) is 3.23. The lowest BCUT2D eigenvalue weighted by atomic mass is 10.0. The average molecular weight is 363 g/mol. The monoisotopic (exact) mass is 362 g/mol. The molecule has 2 rings (SSSR count). The molecule has 1 aromatic carbocycles. The number of nitrogens with two attached hydrogens (primary N) is 1. The van der Waals surface area contributed by atoms with E-state index in [1.807, 2.05) is 31.2 Å². The Balaban J connectivity index is 2.04. The molecule has 3 nitrogen and oxygen atoms in total. The lowest BCUT2D eigenvalue weighted by Crippen LogP contribution is -2.22. The van der Waals surface area contributed by atoms with Gasteiger partial charge in [0.15, 0.2) is 0 Å². The van der Waals surface area contributed by atoms with Crippen molar-refractivity contribution in [3.8, 4) is 11.8 Å². The molecular formula is C16H15BrN2OS. The van der Waals surface area contributed by atoms with E-state index in [1.165, 1.54) is 0 Å². The Bertz CT molecular complexity index is 713. The zero-order chi connectivity index (χ0) is 15.2. The highest BCUT2D eigenvalue weighted by atomic mass is 79.9. The molecule has 0 saturated carbocycles. The fourth-order valence-electron chi connectivity index (χ4n) is 1.81. The van der Waals surface area contributed by atoms with Crippen molar-refractivity contribution in [3.05, 3.63) is 55.7 Å². The molecule has 1 amide bonds.